The Labute approximate surface area is 174 Å². The first-order valence-corrected chi connectivity index (χ1v) is 9.49. The number of hydrogen-bond acceptors (Lipinski definition) is 7. The Kier molecular flexibility index (Phi) is 4.32. The van der Waals surface area contributed by atoms with Crippen LogP contribution in [0.3, 0.4) is 0 Å². The highest BCUT2D eigenvalue weighted by Gasteiger charge is 2.20. The molecule has 0 fully saturated rings. The minimum absolute atomic E-state index is 0.158. The molecule has 5 rings (SSSR count). The average Bonchev–Trinajstić information content (AvgIpc) is 3.42. The van der Waals surface area contributed by atoms with E-state index in [1.165, 1.54) is 33.9 Å². The van der Waals surface area contributed by atoms with Crippen LogP contribution in [0.4, 0.5) is 5.69 Å². The van der Waals surface area contributed by atoms with Crippen LogP contribution in [0.2, 0.25) is 0 Å². The van der Waals surface area contributed by atoms with Gasteiger partial charge in [-0.25, -0.2) is 9.67 Å². The van der Waals surface area contributed by atoms with Crippen LogP contribution in [0.1, 0.15) is 15.9 Å². The lowest BCUT2D eigenvalue weighted by atomic mass is 10.1. The van der Waals surface area contributed by atoms with Crippen LogP contribution in [0.15, 0.2) is 59.8 Å². The molecule has 1 aliphatic rings. The van der Waals surface area contributed by atoms with E-state index in [1.54, 1.807) is 30.3 Å². The van der Waals surface area contributed by atoms with Crippen molar-refractivity contribution in [2.24, 2.45) is 0 Å². The monoisotopic (exact) mass is 417 g/mol. The van der Waals surface area contributed by atoms with Crippen molar-refractivity contribution < 1.29 is 14.5 Å². The smallest absolute Gasteiger partial charge is 0.294 e. The van der Waals surface area contributed by atoms with Gasteiger partial charge in [0, 0.05) is 18.1 Å². The highest BCUT2D eigenvalue weighted by molar-refractivity contribution is 5.96. The maximum atomic E-state index is 12.9. The number of hydrogen-bond donors (Lipinski definition) is 0. The average molecular weight is 417 g/mol. The van der Waals surface area contributed by atoms with Crippen LogP contribution < -0.4 is 10.3 Å². The van der Waals surface area contributed by atoms with Crippen molar-refractivity contribution in [3.63, 3.8) is 0 Å². The maximum Gasteiger partial charge on any atom is 0.294 e. The minimum atomic E-state index is -0.523. The first-order chi connectivity index (χ1) is 15.0. The highest BCUT2D eigenvalue weighted by Crippen LogP contribution is 2.26. The molecule has 3 heterocycles. The van der Waals surface area contributed by atoms with Gasteiger partial charge in [-0.05, 0) is 29.8 Å². The van der Waals surface area contributed by atoms with Crippen molar-refractivity contribution in [2.45, 2.75) is 13.0 Å². The van der Waals surface area contributed by atoms with Crippen LogP contribution in [0.25, 0.3) is 16.7 Å². The van der Waals surface area contributed by atoms with Crippen LogP contribution in [-0.2, 0) is 13.0 Å². The van der Waals surface area contributed by atoms with E-state index in [4.69, 9.17) is 4.74 Å². The molecule has 10 nitrogen and oxygen atoms in total. The Morgan fingerprint density at radius 1 is 1.23 bits per heavy atom. The van der Waals surface area contributed by atoms with Crippen molar-refractivity contribution in [2.75, 3.05) is 6.61 Å². The van der Waals surface area contributed by atoms with Gasteiger partial charge in [-0.1, -0.05) is 12.1 Å². The number of fused-ring (bicyclic) bond motifs is 2. The number of rotatable bonds is 5. The van der Waals surface area contributed by atoms with Gasteiger partial charge < -0.3 is 4.74 Å². The normalized spacial score (nSPS) is 12.5. The molecule has 4 aromatic rings. The van der Waals surface area contributed by atoms with Crippen molar-refractivity contribution in [1.29, 1.82) is 0 Å². The molecule has 0 amide bonds. The predicted octanol–water partition coefficient (Wildman–Crippen LogP) is 2.31. The van der Waals surface area contributed by atoms with Crippen LogP contribution >= 0.6 is 0 Å². The van der Waals surface area contributed by atoms with Gasteiger partial charge in [0.05, 0.1) is 24.3 Å². The van der Waals surface area contributed by atoms with Gasteiger partial charge in [-0.15, -0.1) is 0 Å². The molecule has 2 aromatic heterocycles. The molecule has 0 spiro atoms. The molecule has 0 saturated heterocycles. The zero-order valence-corrected chi connectivity index (χ0v) is 16.1. The van der Waals surface area contributed by atoms with E-state index in [1.807, 2.05) is 0 Å². The molecule has 0 aliphatic carbocycles. The van der Waals surface area contributed by atoms with E-state index >= 15 is 0 Å². The van der Waals surface area contributed by atoms with Crippen molar-refractivity contribution in [3.8, 4) is 11.4 Å². The summed E-state index contributed by atoms with van der Waals surface area (Å²) in [6, 6.07) is 11.3. The van der Waals surface area contributed by atoms with Crippen molar-refractivity contribution in [1.82, 2.24) is 19.3 Å². The lowest BCUT2D eigenvalue weighted by Gasteiger charge is -2.07. The summed E-state index contributed by atoms with van der Waals surface area (Å²) in [5.74, 6) is 0.545. The summed E-state index contributed by atoms with van der Waals surface area (Å²) < 4.78 is 7.91. The number of benzene rings is 2. The summed E-state index contributed by atoms with van der Waals surface area (Å²) in [7, 11) is 0. The Morgan fingerprint density at radius 2 is 2.06 bits per heavy atom. The molecule has 1 aliphatic heterocycles. The third kappa shape index (κ3) is 3.14. The SMILES string of the molecule is O=C(Cn1cnc2c(cnn2-c2ccccc2[N+](=O)[O-])c1=O)c1ccc2c(c1)CCO2. The van der Waals surface area contributed by atoms with E-state index in [2.05, 4.69) is 10.1 Å². The number of aromatic nitrogens is 4. The summed E-state index contributed by atoms with van der Waals surface area (Å²) in [5.41, 5.74) is 1.23. The molecule has 2 aromatic carbocycles. The van der Waals surface area contributed by atoms with Crippen molar-refractivity contribution >= 4 is 22.5 Å². The second kappa shape index (κ2) is 7.17. The number of ketones is 1. The lowest BCUT2D eigenvalue weighted by Crippen LogP contribution is -2.24. The van der Waals surface area contributed by atoms with Crippen LogP contribution in [-0.4, -0.2) is 36.6 Å². The molecule has 0 unspecified atom stereocenters. The molecule has 31 heavy (non-hydrogen) atoms. The van der Waals surface area contributed by atoms with Crippen molar-refractivity contribution in [3.05, 3.63) is 86.6 Å². The summed E-state index contributed by atoms with van der Waals surface area (Å²) in [4.78, 5) is 40.7. The van der Waals surface area contributed by atoms with E-state index in [0.29, 0.717) is 12.2 Å². The fourth-order valence-electron chi connectivity index (χ4n) is 3.64. The number of nitro benzene ring substituents is 1. The Hall–Kier alpha value is -4.34. The Morgan fingerprint density at radius 3 is 2.90 bits per heavy atom. The molecule has 10 heteroatoms. The number of nitro groups is 1. The summed E-state index contributed by atoms with van der Waals surface area (Å²) in [6.07, 6.45) is 3.30. The number of carbonyl (C=O) groups is 1. The number of carbonyl (C=O) groups excluding carboxylic acids is 1. The first-order valence-electron chi connectivity index (χ1n) is 9.49. The third-order valence-corrected chi connectivity index (χ3v) is 5.19. The topological polar surface area (TPSA) is 122 Å². The van der Waals surface area contributed by atoms with Gasteiger partial charge in [0.1, 0.15) is 23.2 Å². The fourth-order valence-corrected chi connectivity index (χ4v) is 3.64. The van der Waals surface area contributed by atoms with Gasteiger partial charge >= 0.3 is 0 Å². The quantitative estimate of drug-likeness (QED) is 0.277. The zero-order chi connectivity index (χ0) is 21.5. The van der Waals surface area contributed by atoms with E-state index in [9.17, 15) is 19.7 Å². The number of ether oxygens (including phenoxy) is 1. The van der Waals surface area contributed by atoms with Gasteiger partial charge in [-0.2, -0.15) is 5.10 Å². The molecular weight excluding hydrogens is 402 g/mol. The van der Waals surface area contributed by atoms with Gasteiger partial charge in [-0.3, -0.25) is 24.3 Å². The second-order valence-corrected chi connectivity index (χ2v) is 7.06. The Balaban J connectivity index is 1.50. The molecule has 0 radical (unpaired) electrons. The summed E-state index contributed by atoms with van der Waals surface area (Å²) >= 11 is 0. The molecule has 154 valence electrons. The van der Waals surface area contributed by atoms with E-state index in [-0.39, 0.29) is 34.7 Å². The fraction of sp³-hybridized carbons (Fsp3) is 0.143. The largest absolute Gasteiger partial charge is 0.493 e. The predicted molar refractivity (Wildman–Crippen MR) is 110 cm³/mol. The van der Waals surface area contributed by atoms with Gasteiger partial charge in [0.25, 0.3) is 11.2 Å². The molecule has 0 N–H and O–H groups in total. The molecule has 0 atom stereocenters. The maximum absolute atomic E-state index is 12.9. The van der Waals surface area contributed by atoms with Gasteiger partial charge in [0.2, 0.25) is 0 Å². The summed E-state index contributed by atoms with van der Waals surface area (Å²) in [5, 5.41) is 15.6. The Bertz CT molecular complexity index is 1420. The number of Topliss-reactive ketones (excluding diaryl/α,β-unsaturated/α-hetero) is 1. The van der Waals surface area contributed by atoms with Crippen LogP contribution in [0, 0.1) is 10.1 Å². The third-order valence-electron chi connectivity index (χ3n) is 5.19. The highest BCUT2D eigenvalue weighted by atomic mass is 16.6. The zero-order valence-electron chi connectivity index (χ0n) is 16.1. The molecule has 0 saturated carbocycles. The van der Waals surface area contributed by atoms with Crippen LogP contribution in [0.5, 0.6) is 5.75 Å². The number of nitrogens with zero attached hydrogens (tertiary/aromatic N) is 5. The number of para-hydroxylation sites is 2. The molecular formula is C21H15N5O5. The molecule has 0 bridgehead atoms. The standard InChI is InChI=1S/C21H15N5O5/c27-18(13-5-6-19-14(9-13)7-8-31-19)11-24-12-22-20-15(21(24)28)10-23-25(20)16-3-1-2-4-17(16)26(29)30/h1-6,9-10,12H,7-8,11H2. The van der Waals surface area contributed by atoms with E-state index < -0.39 is 10.5 Å². The first kappa shape index (κ1) is 18.7. The van der Waals surface area contributed by atoms with E-state index in [0.717, 1.165) is 17.7 Å². The summed E-state index contributed by atoms with van der Waals surface area (Å²) in [6.45, 7) is 0.411. The lowest BCUT2D eigenvalue weighted by molar-refractivity contribution is -0.384. The minimum Gasteiger partial charge on any atom is -0.493 e. The van der Waals surface area contributed by atoms with Gasteiger partial charge in [0.15, 0.2) is 11.4 Å². The second-order valence-electron chi connectivity index (χ2n) is 7.06.